The second-order valence-electron chi connectivity index (χ2n) is 9.57. The van der Waals surface area contributed by atoms with Crippen molar-refractivity contribution in [1.29, 1.82) is 0 Å². The number of rotatable bonds is 5. The number of benzene rings is 3. The topological polar surface area (TPSA) is 38.8 Å². The predicted molar refractivity (Wildman–Crippen MR) is 127 cm³/mol. The molecule has 4 rings (SSSR count). The number of likely N-dealkylation sites (N-methyl/N-ethyl adjacent to an activating group) is 1. The molecule has 0 saturated carbocycles. The van der Waals surface area contributed by atoms with Gasteiger partial charge in [0.2, 0.25) is 0 Å². The fourth-order valence-corrected chi connectivity index (χ4v) is 4.37. The molecule has 0 N–H and O–H groups in total. The molecule has 0 spiro atoms. The summed E-state index contributed by atoms with van der Waals surface area (Å²) in [6, 6.07) is 22.3. The van der Waals surface area contributed by atoms with E-state index in [-0.39, 0.29) is 23.9 Å². The molecule has 1 aliphatic rings. The lowest BCUT2D eigenvalue weighted by molar-refractivity contribution is 0.0207. The summed E-state index contributed by atoms with van der Waals surface area (Å²) in [6.45, 7) is 5.65. The average molecular weight is 448 g/mol. The minimum Gasteiger partial charge on any atom is -0.457 e. The maximum atomic E-state index is 13.1. The predicted octanol–water partition coefficient (Wildman–Crippen LogP) is 6.74. The maximum absolute atomic E-state index is 13.1. The molecule has 3 aromatic carbocycles. The van der Waals surface area contributed by atoms with E-state index in [9.17, 15) is 9.18 Å². The van der Waals surface area contributed by atoms with Gasteiger partial charge >= 0.3 is 6.09 Å². The fourth-order valence-electron chi connectivity index (χ4n) is 4.37. The van der Waals surface area contributed by atoms with Crippen molar-refractivity contribution in [3.05, 3.63) is 95.3 Å². The Morgan fingerprint density at radius 2 is 1.58 bits per heavy atom. The van der Waals surface area contributed by atoms with Crippen LogP contribution in [0.2, 0.25) is 0 Å². The zero-order valence-electron chi connectivity index (χ0n) is 19.5. The highest BCUT2D eigenvalue weighted by Gasteiger charge is 2.38. The van der Waals surface area contributed by atoms with Crippen molar-refractivity contribution in [1.82, 2.24) is 4.90 Å². The number of hydrogen-bond acceptors (Lipinski definition) is 3. The lowest BCUT2D eigenvalue weighted by Gasteiger charge is -2.32. The lowest BCUT2D eigenvalue weighted by atomic mass is 9.90. The Morgan fingerprint density at radius 1 is 0.970 bits per heavy atom. The minimum atomic E-state index is -0.535. The van der Waals surface area contributed by atoms with Crippen LogP contribution in [0.15, 0.2) is 72.8 Å². The first-order valence-corrected chi connectivity index (χ1v) is 11.3. The van der Waals surface area contributed by atoms with E-state index in [0.29, 0.717) is 11.5 Å². The third kappa shape index (κ3) is 5.54. The number of carbonyl (C=O) groups is 1. The van der Waals surface area contributed by atoms with Gasteiger partial charge in [-0.1, -0.05) is 36.4 Å². The maximum Gasteiger partial charge on any atom is 0.410 e. The third-order valence-corrected chi connectivity index (χ3v) is 5.96. The summed E-state index contributed by atoms with van der Waals surface area (Å²) >= 11 is 0. The van der Waals surface area contributed by atoms with Crippen LogP contribution in [-0.2, 0) is 17.6 Å². The monoisotopic (exact) mass is 447 g/mol. The quantitative estimate of drug-likeness (QED) is 0.435. The Kier molecular flexibility index (Phi) is 6.41. The van der Waals surface area contributed by atoms with E-state index in [2.05, 4.69) is 18.2 Å². The van der Waals surface area contributed by atoms with Crippen molar-refractivity contribution in [3.63, 3.8) is 0 Å². The summed E-state index contributed by atoms with van der Waals surface area (Å²) in [5.74, 6) is 1.16. The molecule has 0 aromatic heterocycles. The van der Waals surface area contributed by atoms with Crippen LogP contribution in [0.1, 0.15) is 43.4 Å². The van der Waals surface area contributed by atoms with Gasteiger partial charge in [0.05, 0.1) is 0 Å². The van der Waals surface area contributed by atoms with Gasteiger partial charge in [0.1, 0.15) is 22.9 Å². The van der Waals surface area contributed by atoms with Crippen molar-refractivity contribution >= 4 is 6.09 Å². The number of carbonyl (C=O) groups excluding carboxylic acids is 1. The summed E-state index contributed by atoms with van der Waals surface area (Å²) in [5.41, 5.74) is 3.18. The van der Waals surface area contributed by atoms with E-state index in [4.69, 9.17) is 9.47 Å². The first-order valence-electron chi connectivity index (χ1n) is 11.3. The number of nitrogens with zero attached hydrogens (tertiary/aromatic N) is 1. The molecule has 0 unspecified atom stereocenters. The van der Waals surface area contributed by atoms with E-state index in [1.807, 2.05) is 58.2 Å². The van der Waals surface area contributed by atoms with Gasteiger partial charge in [0, 0.05) is 19.0 Å². The molecule has 0 heterocycles. The molecule has 1 amide bonds. The molecule has 3 aromatic rings. The highest BCUT2D eigenvalue weighted by atomic mass is 19.1. The van der Waals surface area contributed by atoms with Crippen LogP contribution < -0.4 is 4.74 Å². The van der Waals surface area contributed by atoms with Gasteiger partial charge in [0.15, 0.2) is 0 Å². The SMILES string of the molecule is CN(C(=O)OC(C)(C)C)[C@H]1Cc2ccccc2[C@H]1Cc1ccc(Oc2ccc(F)cc2)cc1. The van der Waals surface area contributed by atoms with E-state index in [1.165, 1.54) is 23.3 Å². The number of amides is 1. The van der Waals surface area contributed by atoms with Gasteiger partial charge in [-0.25, -0.2) is 9.18 Å². The van der Waals surface area contributed by atoms with Gasteiger partial charge in [-0.15, -0.1) is 0 Å². The zero-order chi connectivity index (χ0) is 23.6. The van der Waals surface area contributed by atoms with E-state index >= 15 is 0 Å². The smallest absolute Gasteiger partial charge is 0.410 e. The molecule has 33 heavy (non-hydrogen) atoms. The molecule has 1 aliphatic carbocycles. The Hall–Kier alpha value is -3.34. The fraction of sp³-hybridized carbons (Fsp3) is 0.321. The summed E-state index contributed by atoms with van der Waals surface area (Å²) in [6.07, 6.45) is 1.31. The van der Waals surface area contributed by atoms with E-state index in [1.54, 1.807) is 17.0 Å². The Bertz CT molecular complexity index is 1100. The number of hydrogen-bond donors (Lipinski definition) is 0. The van der Waals surface area contributed by atoms with Gasteiger partial charge in [-0.2, -0.15) is 0 Å². The van der Waals surface area contributed by atoms with Crippen molar-refractivity contribution in [2.75, 3.05) is 7.05 Å². The summed E-state index contributed by atoms with van der Waals surface area (Å²) in [7, 11) is 1.83. The first kappa shape index (κ1) is 22.8. The van der Waals surface area contributed by atoms with E-state index in [0.717, 1.165) is 18.4 Å². The highest BCUT2D eigenvalue weighted by Crippen LogP contribution is 2.39. The Labute approximate surface area is 195 Å². The first-order chi connectivity index (χ1) is 15.7. The molecule has 0 radical (unpaired) electrons. The van der Waals surface area contributed by atoms with Crippen molar-refractivity contribution in [2.24, 2.45) is 0 Å². The van der Waals surface area contributed by atoms with E-state index < -0.39 is 5.60 Å². The van der Waals surface area contributed by atoms with Crippen LogP contribution >= 0.6 is 0 Å². The van der Waals surface area contributed by atoms with Gasteiger partial charge in [-0.05, 0) is 86.7 Å². The van der Waals surface area contributed by atoms with Crippen LogP contribution in [0, 0.1) is 5.82 Å². The number of halogens is 1. The molecule has 0 fully saturated rings. The van der Waals surface area contributed by atoms with Gasteiger partial charge in [-0.3, -0.25) is 0 Å². The van der Waals surface area contributed by atoms with Crippen molar-refractivity contribution in [3.8, 4) is 11.5 Å². The average Bonchev–Trinajstić information content (AvgIpc) is 3.13. The lowest BCUT2D eigenvalue weighted by Crippen LogP contribution is -2.43. The Morgan fingerprint density at radius 3 is 2.21 bits per heavy atom. The molecule has 5 heteroatoms. The number of fused-ring (bicyclic) bond motifs is 1. The minimum absolute atomic E-state index is 0.0207. The molecule has 0 aliphatic heterocycles. The van der Waals surface area contributed by atoms with Gasteiger partial charge < -0.3 is 14.4 Å². The summed E-state index contributed by atoms with van der Waals surface area (Å²) < 4.78 is 24.6. The summed E-state index contributed by atoms with van der Waals surface area (Å²) in [4.78, 5) is 14.5. The highest BCUT2D eigenvalue weighted by molar-refractivity contribution is 5.69. The number of ether oxygens (including phenoxy) is 2. The van der Waals surface area contributed by atoms with Gasteiger partial charge in [0.25, 0.3) is 0 Å². The second-order valence-corrected chi connectivity index (χ2v) is 9.57. The summed E-state index contributed by atoms with van der Waals surface area (Å²) in [5, 5.41) is 0. The van der Waals surface area contributed by atoms with Crippen LogP contribution in [0.4, 0.5) is 9.18 Å². The molecule has 4 nitrogen and oxygen atoms in total. The zero-order valence-corrected chi connectivity index (χ0v) is 19.5. The van der Waals surface area contributed by atoms with Crippen molar-refractivity contribution < 1.29 is 18.7 Å². The molecule has 172 valence electrons. The van der Waals surface area contributed by atoms with Crippen molar-refractivity contribution in [2.45, 2.75) is 51.2 Å². The molecular formula is C28H30FNO3. The molecular weight excluding hydrogens is 417 g/mol. The normalized spacial score (nSPS) is 17.4. The largest absolute Gasteiger partial charge is 0.457 e. The Balaban J connectivity index is 1.51. The molecule has 2 atom stereocenters. The van der Waals surface area contributed by atoms with Crippen LogP contribution in [0.25, 0.3) is 0 Å². The van der Waals surface area contributed by atoms with Crippen LogP contribution in [0.5, 0.6) is 11.5 Å². The standard InChI is InChI=1S/C28H30FNO3/c1-28(2,3)33-27(31)30(4)26-18-20-7-5-6-8-24(20)25(26)17-19-9-13-22(14-10-19)32-23-15-11-21(29)12-16-23/h5-16,25-26H,17-18H2,1-4H3/t25-,26+/m1/s1. The van der Waals surface area contributed by atoms with Crippen LogP contribution in [0.3, 0.4) is 0 Å². The van der Waals surface area contributed by atoms with Crippen LogP contribution in [-0.4, -0.2) is 29.7 Å². The third-order valence-electron chi connectivity index (χ3n) is 5.96. The second kappa shape index (κ2) is 9.26. The molecule has 0 saturated heterocycles. The molecule has 0 bridgehead atoms.